The number of hydrogen-bond acceptors (Lipinski definition) is 2. The van der Waals surface area contributed by atoms with Gasteiger partial charge in [0.1, 0.15) is 0 Å². The van der Waals surface area contributed by atoms with E-state index in [1.807, 2.05) is 0 Å². The van der Waals surface area contributed by atoms with Crippen LogP contribution < -0.4 is 10.2 Å². The van der Waals surface area contributed by atoms with Crippen molar-refractivity contribution in [2.45, 2.75) is 46.5 Å². The summed E-state index contributed by atoms with van der Waals surface area (Å²) in [4.78, 5) is 2.44. The first kappa shape index (κ1) is 16.0. The summed E-state index contributed by atoms with van der Waals surface area (Å²) in [6.45, 7) is 11.0. The van der Waals surface area contributed by atoms with Crippen molar-refractivity contribution in [1.82, 2.24) is 5.32 Å². The third-order valence-electron chi connectivity index (χ3n) is 3.51. The van der Waals surface area contributed by atoms with Crippen LogP contribution in [0, 0.1) is 6.92 Å². The zero-order chi connectivity index (χ0) is 13.9. The molecule has 2 nitrogen and oxygen atoms in total. The molecular weight excluding hydrogens is 232 g/mol. The number of unbranched alkanes of at least 4 members (excludes halogenated alkanes) is 3. The first-order valence-corrected chi connectivity index (χ1v) is 7.80. The Balaban J connectivity index is 2.22. The number of likely N-dealkylation sites (N-methyl/N-ethyl adjacent to an activating group) is 1. The van der Waals surface area contributed by atoms with E-state index < -0.39 is 0 Å². The number of hydrogen-bond donors (Lipinski definition) is 1. The van der Waals surface area contributed by atoms with Crippen molar-refractivity contribution in [3.05, 3.63) is 29.8 Å². The van der Waals surface area contributed by atoms with Gasteiger partial charge >= 0.3 is 0 Å². The van der Waals surface area contributed by atoms with Crippen LogP contribution in [0.3, 0.4) is 0 Å². The van der Waals surface area contributed by atoms with Crippen LogP contribution in [0.25, 0.3) is 0 Å². The van der Waals surface area contributed by atoms with Crippen molar-refractivity contribution < 1.29 is 0 Å². The summed E-state index contributed by atoms with van der Waals surface area (Å²) in [5.41, 5.74) is 2.68. The van der Waals surface area contributed by atoms with E-state index in [9.17, 15) is 0 Å². The van der Waals surface area contributed by atoms with Gasteiger partial charge in [0, 0.05) is 25.3 Å². The first-order valence-electron chi connectivity index (χ1n) is 7.80. The van der Waals surface area contributed by atoms with Crippen LogP contribution in [0.15, 0.2) is 24.3 Å². The maximum atomic E-state index is 3.55. The minimum absolute atomic E-state index is 1.07. The van der Waals surface area contributed by atoms with Crippen LogP contribution in [0.5, 0.6) is 0 Å². The van der Waals surface area contributed by atoms with Crippen molar-refractivity contribution in [1.29, 1.82) is 0 Å². The lowest BCUT2D eigenvalue weighted by Crippen LogP contribution is -2.32. The summed E-state index contributed by atoms with van der Waals surface area (Å²) in [5, 5.41) is 3.55. The van der Waals surface area contributed by atoms with E-state index in [0.29, 0.717) is 0 Å². The van der Waals surface area contributed by atoms with Crippen molar-refractivity contribution in [2.75, 3.05) is 31.1 Å². The van der Waals surface area contributed by atoms with Gasteiger partial charge in [-0.2, -0.15) is 0 Å². The third kappa shape index (κ3) is 6.63. The lowest BCUT2D eigenvalue weighted by atomic mass is 10.2. The predicted octanol–water partition coefficient (Wildman–Crippen LogP) is 3.99. The number of anilines is 1. The molecule has 0 saturated carbocycles. The molecule has 0 aliphatic heterocycles. The Kier molecular flexibility index (Phi) is 8.31. The molecule has 0 unspecified atom stereocenters. The molecule has 1 aromatic rings. The number of rotatable bonds is 10. The molecule has 1 N–H and O–H groups in total. The fourth-order valence-corrected chi connectivity index (χ4v) is 2.31. The second kappa shape index (κ2) is 9.85. The predicted molar refractivity (Wildman–Crippen MR) is 86.1 cm³/mol. The summed E-state index contributed by atoms with van der Waals surface area (Å²) < 4.78 is 0. The first-order chi connectivity index (χ1) is 9.27. The number of aryl methyl sites for hydroxylation is 1. The van der Waals surface area contributed by atoms with Crippen LogP contribution in [-0.4, -0.2) is 26.2 Å². The molecule has 2 heteroatoms. The van der Waals surface area contributed by atoms with Crippen LogP contribution >= 0.6 is 0 Å². The second-order valence-electron chi connectivity index (χ2n) is 5.23. The van der Waals surface area contributed by atoms with Crippen LogP contribution in [0.4, 0.5) is 5.69 Å². The van der Waals surface area contributed by atoms with Gasteiger partial charge in [-0.3, -0.25) is 0 Å². The molecule has 0 spiro atoms. The number of nitrogens with one attached hydrogen (secondary N) is 1. The molecule has 1 aromatic carbocycles. The van der Waals surface area contributed by atoms with E-state index in [4.69, 9.17) is 0 Å². The molecule has 0 atom stereocenters. The van der Waals surface area contributed by atoms with E-state index >= 15 is 0 Å². The van der Waals surface area contributed by atoms with Gasteiger partial charge in [-0.25, -0.2) is 0 Å². The molecule has 108 valence electrons. The highest BCUT2D eigenvalue weighted by Crippen LogP contribution is 2.14. The summed E-state index contributed by atoms with van der Waals surface area (Å²) in [6.07, 6.45) is 5.35. The second-order valence-corrected chi connectivity index (χ2v) is 5.23. The topological polar surface area (TPSA) is 15.3 Å². The summed E-state index contributed by atoms with van der Waals surface area (Å²) in [7, 11) is 0. The maximum Gasteiger partial charge on any atom is 0.0369 e. The molecule has 1 rings (SSSR count). The average Bonchev–Trinajstić information content (AvgIpc) is 2.42. The molecule has 0 aliphatic rings. The van der Waals surface area contributed by atoms with E-state index in [1.165, 1.54) is 36.9 Å². The third-order valence-corrected chi connectivity index (χ3v) is 3.51. The standard InChI is InChI=1S/C17H30N2/c1-4-6-7-8-12-18-13-14-19(5-2)17-11-9-10-16(3)15-17/h9-11,15,18H,4-8,12-14H2,1-3H3. The fourth-order valence-electron chi connectivity index (χ4n) is 2.31. The monoisotopic (exact) mass is 262 g/mol. The Hall–Kier alpha value is -1.02. The molecule has 0 amide bonds. The van der Waals surface area contributed by atoms with Crippen molar-refractivity contribution in [2.24, 2.45) is 0 Å². The Labute approximate surface area is 119 Å². The van der Waals surface area contributed by atoms with Crippen molar-refractivity contribution in [3.63, 3.8) is 0 Å². The van der Waals surface area contributed by atoms with Gasteiger partial charge in [0.25, 0.3) is 0 Å². The zero-order valence-electron chi connectivity index (χ0n) is 12.9. The molecule has 0 heterocycles. The highest BCUT2D eigenvalue weighted by Gasteiger charge is 2.03. The van der Waals surface area contributed by atoms with E-state index in [1.54, 1.807) is 0 Å². The Morgan fingerprint density at radius 1 is 1.05 bits per heavy atom. The van der Waals surface area contributed by atoms with Crippen LogP contribution in [0.1, 0.15) is 45.1 Å². The minimum atomic E-state index is 1.07. The molecule has 19 heavy (non-hydrogen) atoms. The van der Waals surface area contributed by atoms with Gasteiger partial charge < -0.3 is 10.2 Å². The normalized spacial score (nSPS) is 10.7. The van der Waals surface area contributed by atoms with E-state index in [2.05, 4.69) is 55.3 Å². The molecule has 0 fully saturated rings. The molecule has 0 aromatic heterocycles. The molecular formula is C17H30N2. The Bertz CT molecular complexity index is 336. The van der Waals surface area contributed by atoms with Crippen molar-refractivity contribution in [3.8, 4) is 0 Å². The Morgan fingerprint density at radius 3 is 2.58 bits per heavy atom. The molecule has 0 bridgehead atoms. The molecule has 0 aliphatic carbocycles. The van der Waals surface area contributed by atoms with Gasteiger partial charge in [0.2, 0.25) is 0 Å². The van der Waals surface area contributed by atoms with Crippen LogP contribution in [0.2, 0.25) is 0 Å². The lowest BCUT2D eigenvalue weighted by molar-refractivity contribution is 0.594. The van der Waals surface area contributed by atoms with Crippen molar-refractivity contribution >= 4 is 5.69 Å². The average molecular weight is 262 g/mol. The van der Waals surface area contributed by atoms with Gasteiger partial charge in [-0.1, -0.05) is 38.3 Å². The van der Waals surface area contributed by atoms with Gasteiger partial charge in [0.15, 0.2) is 0 Å². The highest BCUT2D eigenvalue weighted by atomic mass is 15.1. The minimum Gasteiger partial charge on any atom is -0.371 e. The summed E-state index contributed by atoms with van der Waals surface area (Å²) in [5.74, 6) is 0. The lowest BCUT2D eigenvalue weighted by Gasteiger charge is -2.23. The van der Waals surface area contributed by atoms with Crippen LogP contribution in [-0.2, 0) is 0 Å². The van der Waals surface area contributed by atoms with Gasteiger partial charge in [-0.05, 0) is 44.5 Å². The summed E-state index contributed by atoms with van der Waals surface area (Å²) in [6, 6.07) is 8.78. The van der Waals surface area contributed by atoms with E-state index in [-0.39, 0.29) is 0 Å². The quantitative estimate of drug-likeness (QED) is 0.641. The van der Waals surface area contributed by atoms with Gasteiger partial charge in [-0.15, -0.1) is 0 Å². The maximum absolute atomic E-state index is 3.55. The number of benzene rings is 1. The SMILES string of the molecule is CCCCCCNCCN(CC)c1cccc(C)c1. The highest BCUT2D eigenvalue weighted by molar-refractivity contribution is 5.48. The van der Waals surface area contributed by atoms with E-state index in [0.717, 1.165) is 26.2 Å². The molecule has 0 saturated heterocycles. The van der Waals surface area contributed by atoms with Gasteiger partial charge in [0.05, 0.1) is 0 Å². The Morgan fingerprint density at radius 2 is 1.89 bits per heavy atom. The largest absolute Gasteiger partial charge is 0.371 e. The zero-order valence-corrected chi connectivity index (χ0v) is 12.9. The number of nitrogens with zero attached hydrogens (tertiary/aromatic N) is 1. The smallest absolute Gasteiger partial charge is 0.0369 e. The summed E-state index contributed by atoms with van der Waals surface area (Å²) >= 11 is 0. The fraction of sp³-hybridized carbons (Fsp3) is 0.647. The molecule has 0 radical (unpaired) electrons.